The highest BCUT2D eigenvalue weighted by molar-refractivity contribution is 5.79. The van der Waals surface area contributed by atoms with Gasteiger partial charge in [-0.1, -0.05) is 41.0 Å². The molecule has 0 aromatic carbocycles. The summed E-state index contributed by atoms with van der Waals surface area (Å²) in [5, 5.41) is 0. The predicted molar refractivity (Wildman–Crippen MR) is 104 cm³/mol. The van der Waals surface area contributed by atoms with Gasteiger partial charge in [0.15, 0.2) is 0 Å². The lowest BCUT2D eigenvalue weighted by Gasteiger charge is -2.69. The molecule has 25 heavy (non-hydrogen) atoms. The van der Waals surface area contributed by atoms with E-state index in [0.29, 0.717) is 39.3 Å². The molecule has 4 rings (SSSR count). The van der Waals surface area contributed by atoms with Crippen LogP contribution in [0.2, 0.25) is 0 Å². The van der Waals surface area contributed by atoms with Gasteiger partial charge in [0.25, 0.3) is 0 Å². The van der Waals surface area contributed by atoms with Crippen LogP contribution in [0.15, 0.2) is 0 Å². The lowest BCUT2D eigenvalue weighted by Crippen LogP contribution is -2.62. The molecule has 0 bridgehead atoms. The quantitative estimate of drug-likeness (QED) is 0.520. The fourth-order valence-electron chi connectivity index (χ4n) is 9.33. The molecular formula is C24H40O. The normalized spacial score (nSPS) is 54.3. The van der Waals surface area contributed by atoms with Gasteiger partial charge in [-0.25, -0.2) is 0 Å². The molecular weight excluding hydrogens is 304 g/mol. The van der Waals surface area contributed by atoms with Crippen molar-refractivity contribution in [2.75, 3.05) is 0 Å². The number of hydrogen-bond donors (Lipinski definition) is 0. The SMILES string of the molecule is CC(=O)[C@H]1CC[C@]2(C)[C@@H]1CC[C@@H]1[C@@]3(C)CCCC(C)(C)[C@@H]3CC[C@]12C. The summed E-state index contributed by atoms with van der Waals surface area (Å²) in [6.45, 7) is 14.9. The maximum absolute atomic E-state index is 12.3. The van der Waals surface area contributed by atoms with Crippen molar-refractivity contribution in [2.45, 2.75) is 99.3 Å². The molecule has 0 aliphatic heterocycles. The zero-order valence-electron chi connectivity index (χ0n) is 17.6. The van der Waals surface area contributed by atoms with Crippen LogP contribution < -0.4 is 0 Å². The minimum Gasteiger partial charge on any atom is -0.300 e. The van der Waals surface area contributed by atoms with E-state index in [9.17, 15) is 4.79 Å². The second kappa shape index (κ2) is 5.35. The minimum absolute atomic E-state index is 0.358. The van der Waals surface area contributed by atoms with E-state index in [1.54, 1.807) is 0 Å². The van der Waals surface area contributed by atoms with Crippen LogP contribution in [0.3, 0.4) is 0 Å². The number of carbonyl (C=O) groups excluding carboxylic acids is 1. The molecule has 0 unspecified atom stereocenters. The predicted octanol–water partition coefficient (Wildman–Crippen LogP) is 6.65. The summed E-state index contributed by atoms with van der Waals surface area (Å²) in [4.78, 5) is 12.3. The largest absolute Gasteiger partial charge is 0.300 e. The molecule has 0 N–H and O–H groups in total. The van der Waals surface area contributed by atoms with E-state index >= 15 is 0 Å². The standard InChI is InChI=1S/C24H40O/c1-16(25)17-10-14-23(5)18(17)8-9-20-22(4)13-7-12-21(2,3)19(22)11-15-24(20,23)6/h17-20H,7-15H2,1-6H3/t17-,18-,19+,20-,22+,23-,24-/m1/s1. The fourth-order valence-corrected chi connectivity index (χ4v) is 9.33. The van der Waals surface area contributed by atoms with Crippen molar-refractivity contribution in [1.82, 2.24) is 0 Å². The van der Waals surface area contributed by atoms with Gasteiger partial charge in [-0.15, -0.1) is 0 Å². The molecule has 0 aromatic heterocycles. The molecule has 4 saturated carbocycles. The zero-order valence-corrected chi connectivity index (χ0v) is 17.6. The van der Waals surface area contributed by atoms with Gasteiger partial charge in [0.2, 0.25) is 0 Å². The lowest BCUT2D eigenvalue weighted by atomic mass is 9.36. The highest BCUT2D eigenvalue weighted by Gasteiger charge is 2.67. The Balaban J connectivity index is 1.73. The van der Waals surface area contributed by atoms with E-state index in [0.717, 1.165) is 18.3 Å². The van der Waals surface area contributed by atoms with E-state index in [4.69, 9.17) is 0 Å². The van der Waals surface area contributed by atoms with Gasteiger partial charge in [0, 0.05) is 5.92 Å². The summed E-state index contributed by atoms with van der Waals surface area (Å²) in [5.74, 6) is 3.25. The Morgan fingerprint density at radius 2 is 1.44 bits per heavy atom. The van der Waals surface area contributed by atoms with Gasteiger partial charge >= 0.3 is 0 Å². The monoisotopic (exact) mass is 344 g/mol. The van der Waals surface area contributed by atoms with Gasteiger partial charge in [-0.05, 0) is 97.7 Å². The van der Waals surface area contributed by atoms with Crippen molar-refractivity contribution in [3.05, 3.63) is 0 Å². The summed E-state index contributed by atoms with van der Waals surface area (Å²) in [6, 6.07) is 0. The molecule has 7 atom stereocenters. The number of rotatable bonds is 1. The Morgan fingerprint density at radius 1 is 0.760 bits per heavy atom. The highest BCUT2D eigenvalue weighted by Crippen LogP contribution is 2.75. The molecule has 0 heterocycles. The van der Waals surface area contributed by atoms with Crippen LogP contribution in [-0.4, -0.2) is 5.78 Å². The van der Waals surface area contributed by atoms with Gasteiger partial charge in [-0.2, -0.15) is 0 Å². The molecule has 0 radical (unpaired) electrons. The number of carbonyl (C=O) groups is 1. The molecule has 4 aliphatic carbocycles. The second-order valence-corrected chi connectivity index (χ2v) is 11.8. The van der Waals surface area contributed by atoms with Crippen molar-refractivity contribution in [1.29, 1.82) is 0 Å². The van der Waals surface area contributed by atoms with Crippen molar-refractivity contribution >= 4 is 5.78 Å². The third-order valence-corrected chi connectivity index (χ3v) is 10.7. The lowest BCUT2D eigenvalue weighted by molar-refractivity contribution is -0.202. The molecule has 0 saturated heterocycles. The van der Waals surface area contributed by atoms with Crippen LogP contribution >= 0.6 is 0 Å². The number of hydrogen-bond acceptors (Lipinski definition) is 1. The first kappa shape index (κ1) is 18.1. The van der Waals surface area contributed by atoms with E-state index in [-0.39, 0.29) is 0 Å². The summed E-state index contributed by atoms with van der Waals surface area (Å²) in [5.41, 5.74) is 1.88. The van der Waals surface area contributed by atoms with Crippen LogP contribution in [0.4, 0.5) is 0 Å². The van der Waals surface area contributed by atoms with Gasteiger partial charge in [-0.3, -0.25) is 4.79 Å². The topological polar surface area (TPSA) is 17.1 Å². The molecule has 4 aliphatic rings. The van der Waals surface area contributed by atoms with Crippen LogP contribution in [0.5, 0.6) is 0 Å². The summed E-state index contributed by atoms with van der Waals surface area (Å²) >= 11 is 0. The van der Waals surface area contributed by atoms with Crippen molar-refractivity contribution in [2.24, 2.45) is 45.3 Å². The molecule has 4 fully saturated rings. The van der Waals surface area contributed by atoms with Gasteiger partial charge in [0.05, 0.1) is 0 Å². The first-order valence-electron chi connectivity index (χ1n) is 11.1. The summed E-state index contributed by atoms with van der Waals surface area (Å²) < 4.78 is 0. The van der Waals surface area contributed by atoms with Gasteiger partial charge in [0.1, 0.15) is 5.78 Å². The van der Waals surface area contributed by atoms with Crippen LogP contribution in [0.25, 0.3) is 0 Å². The maximum Gasteiger partial charge on any atom is 0.133 e. The zero-order chi connectivity index (χ0) is 18.3. The van der Waals surface area contributed by atoms with E-state index < -0.39 is 0 Å². The highest BCUT2D eigenvalue weighted by atomic mass is 16.1. The molecule has 0 spiro atoms. The molecule has 0 aromatic rings. The first-order chi connectivity index (χ1) is 11.6. The van der Waals surface area contributed by atoms with Crippen molar-refractivity contribution in [3.8, 4) is 0 Å². The molecule has 142 valence electrons. The average molecular weight is 345 g/mol. The minimum atomic E-state index is 0.358. The van der Waals surface area contributed by atoms with E-state index in [1.165, 1.54) is 51.4 Å². The van der Waals surface area contributed by atoms with Crippen LogP contribution in [0.1, 0.15) is 99.3 Å². The maximum atomic E-state index is 12.3. The molecule has 1 nitrogen and oxygen atoms in total. The van der Waals surface area contributed by atoms with Crippen molar-refractivity contribution in [3.63, 3.8) is 0 Å². The fraction of sp³-hybridized carbons (Fsp3) is 0.958. The average Bonchev–Trinajstić information content (AvgIpc) is 2.85. The Labute approximate surface area is 155 Å². The van der Waals surface area contributed by atoms with Gasteiger partial charge < -0.3 is 0 Å². The number of fused-ring (bicyclic) bond motifs is 5. The Kier molecular flexibility index (Phi) is 3.87. The smallest absolute Gasteiger partial charge is 0.133 e. The second-order valence-electron chi connectivity index (χ2n) is 11.8. The first-order valence-corrected chi connectivity index (χ1v) is 11.1. The number of Topliss-reactive ketones (excluding diaryl/α,β-unsaturated/α-hetero) is 1. The van der Waals surface area contributed by atoms with E-state index in [1.807, 2.05) is 6.92 Å². The third kappa shape index (κ3) is 2.16. The Bertz CT molecular complexity index is 577. The van der Waals surface area contributed by atoms with Crippen molar-refractivity contribution < 1.29 is 4.79 Å². The Morgan fingerprint density at radius 3 is 2.12 bits per heavy atom. The number of ketones is 1. The van der Waals surface area contributed by atoms with Crippen LogP contribution in [0, 0.1) is 45.3 Å². The third-order valence-electron chi connectivity index (χ3n) is 10.7. The summed E-state index contributed by atoms with van der Waals surface area (Å²) in [6.07, 6.45) is 12.2. The van der Waals surface area contributed by atoms with Crippen LogP contribution in [-0.2, 0) is 4.79 Å². The Hall–Kier alpha value is -0.330. The summed E-state index contributed by atoms with van der Waals surface area (Å²) in [7, 11) is 0. The van der Waals surface area contributed by atoms with E-state index in [2.05, 4.69) is 34.6 Å². The molecule has 0 amide bonds. The molecule has 1 heteroatoms.